The van der Waals surface area contributed by atoms with E-state index in [1.165, 1.54) is 11.1 Å². The molecule has 0 aliphatic heterocycles. The van der Waals surface area contributed by atoms with E-state index >= 15 is 0 Å². The van der Waals surface area contributed by atoms with Crippen LogP contribution in [0.25, 0.3) is 0 Å². The number of nitrogens with two attached hydrogens (primary N) is 1. The van der Waals surface area contributed by atoms with Crippen LogP contribution in [0.3, 0.4) is 0 Å². The summed E-state index contributed by atoms with van der Waals surface area (Å²) in [6.45, 7) is 4.16. The Kier molecular flexibility index (Phi) is 4.25. The molecule has 3 nitrogen and oxygen atoms in total. The average molecular weight is 261 g/mol. The summed E-state index contributed by atoms with van der Waals surface area (Å²) in [5.41, 5.74) is 9.98. The minimum absolute atomic E-state index is 0.0257. The Morgan fingerprint density at radius 2 is 1.84 bits per heavy atom. The summed E-state index contributed by atoms with van der Waals surface area (Å²) in [5.74, 6) is 1.71. The molecule has 0 heterocycles. The van der Waals surface area contributed by atoms with Crippen molar-refractivity contribution in [1.82, 2.24) is 0 Å². The van der Waals surface area contributed by atoms with Crippen LogP contribution in [0.1, 0.15) is 48.4 Å². The van der Waals surface area contributed by atoms with E-state index in [2.05, 4.69) is 19.9 Å². The first-order valence-electron chi connectivity index (χ1n) is 6.96. The zero-order chi connectivity index (χ0) is 14.0. The second-order valence-corrected chi connectivity index (χ2v) is 5.51. The van der Waals surface area contributed by atoms with Crippen molar-refractivity contribution >= 4 is 5.78 Å². The van der Waals surface area contributed by atoms with Crippen molar-refractivity contribution in [3.63, 3.8) is 0 Å². The van der Waals surface area contributed by atoms with Crippen molar-refractivity contribution in [1.29, 1.82) is 0 Å². The number of rotatable bonds is 3. The van der Waals surface area contributed by atoms with Gasteiger partial charge in [0.25, 0.3) is 0 Å². The summed E-state index contributed by atoms with van der Waals surface area (Å²) in [6.07, 6.45) is 3.22. The Hall–Kier alpha value is -1.35. The van der Waals surface area contributed by atoms with Crippen LogP contribution < -0.4 is 10.5 Å². The van der Waals surface area contributed by atoms with Gasteiger partial charge in [-0.15, -0.1) is 0 Å². The number of hydrogen-bond acceptors (Lipinski definition) is 3. The van der Waals surface area contributed by atoms with Gasteiger partial charge in [0.1, 0.15) is 11.5 Å². The van der Waals surface area contributed by atoms with Crippen LogP contribution in [-0.4, -0.2) is 12.9 Å². The Bertz CT molecular complexity index is 472. The maximum Gasteiger partial charge on any atom is 0.132 e. The van der Waals surface area contributed by atoms with Gasteiger partial charge in [0.15, 0.2) is 0 Å². The predicted molar refractivity (Wildman–Crippen MR) is 76.4 cm³/mol. The number of methoxy groups -OCH3 is 1. The normalized spacial score (nSPS) is 18.4. The van der Waals surface area contributed by atoms with Crippen LogP contribution in [0.2, 0.25) is 0 Å². The Labute approximate surface area is 115 Å². The summed E-state index contributed by atoms with van der Waals surface area (Å²) in [6, 6.07) is 4.09. The van der Waals surface area contributed by atoms with Crippen molar-refractivity contribution in [2.24, 2.45) is 11.7 Å². The van der Waals surface area contributed by atoms with Gasteiger partial charge in [0, 0.05) is 18.9 Å². The molecule has 0 saturated heterocycles. The molecule has 0 aromatic heterocycles. The van der Waals surface area contributed by atoms with Crippen LogP contribution >= 0.6 is 0 Å². The molecule has 0 bridgehead atoms. The van der Waals surface area contributed by atoms with Crippen molar-refractivity contribution in [3.8, 4) is 5.75 Å². The largest absolute Gasteiger partial charge is 0.496 e. The predicted octanol–water partition coefficient (Wildman–Crippen LogP) is 3.07. The minimum Gasteiger partial charge on any atom is -0.496 e. The lowest BCUT2D eigenvalue weighted by Gasteiger charge is -2.29. The highest BCUT2D eigenvalue weighted by atomic mass is 16.5. The number of Topliss-reactive ketones (excluding diaryl/α,β-unsaturated/α-hetero) is 1. The third-order valence-corrected chi connectivity index (χ3v) is 4.45. The lowest BCUT2D eigenvalue weighted by atomic mass is 9.79. The van der Waals surface area contributed by atoms with Gasteiger partial charge in [-0.05, 0) is 55.4 Å². The molecule has 1 unspecified atom stereocenters. The molecule has 1 aliphatic carbocycles. The number of carbonyl (C=O) groups is 1. The lowest BCUT2D eigenvalue weighted by Crippen LogP contribution is -2.26. The summed E-state index contributed by atoms with van der Waals surface area (Å²) in [4.78, 5) is 11.3. The van der Waals surface area contributed by atoms with E-state index in [9.17, 15) is 4.79 Å². The molecule has 1 aromatic rings. The molecule has 19 heavy (non-hydrogen) atoms. The van der Waals surface area contributed by atoms with E-state index in [4.69, 9.17) is 10.5 Å². The van der Waals surface area contributed by atoms with Crippen molar-refractivity contribution < 1.29 is 9.53 Å². The van der Waals surface area contributed by atoms with Gasteiger partial charge < -0.3 is 10.5 Å². The monoisotopic (exact) mass is 261 g/mol. The van der Waals surface area contributed by atoms with Gasteiger partial charge in [0.2, 0.25) is 0 Å². The number of ether oxygens (including phenoxy) is 1. The maximum atomic E-state index is 11.3. The third-order valence-electron chi connectivity index (χ3n) is 4.45. The van der Waals surface area contributed by atoms with Crippen LogP contribution in [0.5, 0.6) is 5.75 Å². The Balaban J connectivity index is 2.22. The van der Waals surface area contributed by atoms with Gasteiger partial charge in [0.05, 0.1) is 7.11 Å². The molecule has 0 radical (unpaired) electrons. The molecule has 1 aromatic carbocycles. The van der Waals surface area contributed by atoms with Gasteiger partial charge in [-0.2, -0.15) is 0 Å². The fourth-order valence-electron chi connectivity index (χ4n) is 2.97. The highest BCUT2D eigenvalue weighted by Crippen LogP contribution is 2.35. The van der Waals surface area contributed by atoms with E-state index in [0.717, 1.165) is 24.2 Å². The summed E-state index contributed by atoms with van der Waals surface area (Å²) < 4.78 is 5.33. The second-order valence-electron chi connectivity index (χ2n) is 5.51. The number of hydrogen-bond donors (Lipinski definition) is 1. The molecule has 2 rings (SSSR count). The molecule has 1 saturated carbocycles. The molecule has 0 spiro atoms. The van der Waals surface area contributed by atoms with Crippen LogP contribution in [0.15, 0.2) is 12.1 Å². The number of benzene rings is 1. The smallest absolute Gasteiger partial charge is 0.132 e. The summed E-state index contributed by atoms with van der Waals surface area (Å²) >= 11 is 0. The van der Waals surface area contributed by atoms with Crippen molar-refractivity contribution in [3.05, 3.63) is 28.8 Å². The van der Waals surface area contributed by atoms with Gasteiger partial charge >= 0.3 is 0 Å². The van der Waals surface area contributed by atoms with E-state index in [1.807, 2.05) is 6.07 Å². The molecule has 1 aliphatic rings. The molecule has 1 atom stereocenters. The van der Waals surface area contributed by atoms with E-state index in [1.54, 1.807) is 7.11 Å². The van der Waals surface area contributed by atoms with E-state index in [-0.39, 0.29) is 6.04 Å². The first-order valence-corrected chi connectivity index (χ1v) is 6.96. The molecular formula is C16H23NO2. The Morgan fingerprint density at radius 1 is 1.21 bits per heavy atom. The highest BCUT2D eigenvalue weighted by molar-refractivity contribution is 5.79. The first kappa shape index (κ1) is 14.1. The standard InChI is InChI=1S/C16H23NO2/c1-10-11(2)15(19-3)9-8-14(10)16(17)12-4-6-13(18)7-5-12/h8-9,12,16H,4-7,17H2,1-3H3. The van der Waals surface area contributed by atoms with Crippen LogP contribution in [0, 0.1) is 19.8 Å². The zero-order valence-corrected chi connectivity index (χ0v) is 12.0. The molecule has 104 valence electrons. The number of carbonyl (C=O) groups excluding carboxylic acids is 1. The zero-order valence-electron chi connectivity index (χ0n) is 12.0. The molecule has 0 amide bonds. The SMILES string of the molecule is COc1ccc(C(N)C2CCC(=O)CC2)c(C)c1C. The van der Waals surface area contributed by atoms with E-state index in [0.29, 0.717) is 24.5 Å². The van der Waals surface area contributed by atoms with Gasteiger partial charge in [-0.1, -0.05) is 6.07 Å². The van der Waals surface area contributed by atoms with Gasteiger partial charge in [-0.3, -0.25) is 4.79 Å². The first-order chi connectivity index (χ1) is 9.04. The van der Waals surface area contributed by atoms with E-state index < -0.39 is 0 Å². The minimum atomic E-state index is 0.0257. The fraction of sp³-hybridized carbons (Fsp3) is 0.562. The quantitative estimate of drug-likeness (QED) is 0.909. The average Bonchev–Trinajstić information content (AvgIpc) is 2.42. The summed E-state index contributed by atoms with van der Waals surface area (Å²) in [5, 5.41) is 0. The molecule has 3 heteroatoms. The third kappa shape index (κ3) is 2.81. The molecular weight excluding hydrogens is 238 g/mol. The fourth-order valence-corrected chi connectivity index (χ4v) is 2.97. The lowest BCUT2D eigenvalue weighted by molar-refractivity contribution is -0.121. The Morgan fingerprint density at radius 3 is 2.42 bits per heavy atom. The second kappa shape index (κ2) is 5.74. The van der Waals surface area contributed by atoms with Crippen LogP contribution in [-0.2, 0) is 4.79 Å². The van der Waals surface area contributed by atoms with Crippen molar-refractivity contribution in [2.75, 3.05) is 7.11 Å². The molecule has 2 N–H and O–H groups in total. The summed E-state index contributed by atoms with van der Waals surface area (Å²) in [7, 11) is 1.69. The van der Waals surface area contributed by atoms with Crippen molar-refractivity contribution in [2.45, 2.75) is 45.6 Å². The topological polar surface area (TPSA) is 52.3 Å². The highest BCUT2D eigenvalue weighted by Gasteiger charge is 2.26. The molecule has 1 fully saturated rings. The van der Waals surface area contributed by atoms with Gasteiger partial charge in [-0.25, -0.2) is 0 Å². The van der Waals surface area contributed by atoms with Crippen LogP contribution in [0.4, 0.5) is 0 Å². The maximum absolute atomic E-state index is 11.3. The number of ketones is 1.